The smallest absolute Gasteiger partial charge is 0.303 e. The summed E-state index contributed by atoms with van der Waals surface area (Å²) in [5.41, 5.74) is 0. The minimum Gasteiger partial charge on any atom is -0.481 e. The van der Waals surface area contributed by atoms with Gasteiger partial charge >= 0.3 is 5.97 Å². The third-order valence-corrected chi connectivity index (χ3v) is 4.13. The molecule has 1 N–H and O–H groups in total. The highest BCUT2D eigenvalue weighted by Crippen LogP contribution is 2.32. The van der Waals surface area contributed by atoms with Gasteiger partial charge in [-0.3, -0.25) is 4.79 Å². The standard InChI is InChI=1S/C13H25NO2/c1-10-6-4-7-12(11(10)2)14(3)9-5-8-13(15)16/h10-12H,4-9H2,1-3H3,(H,15,16). The molecule has 0 heterocycles. The SMILES string of the molecule is CC1CCCC(N(C)CCCC(=O)O)C1C. The fraction of sp³-hybridized carbons (Fsp3) is 0.923. The summed E-state index contributed by atoms with van der Waals surface area (Å²) in [5, 5.41) is 8.61. The maximum absolute atomic E-state index is 10.5. The van der Waals surface area contributed by atoms with Crippen LogP contribution in [0.25, 0.3) is 0 Å². The Morgan fingerprint density at radius 3 is 2.69 bits per heavy atom. The van der Waals surface area contributed by atoms with Crippen LogP contribution in [0, 0.1) is 11.8 Å². The summed E-state index contributed by atoms with van der Waals surface area (Å²) >= 11 is 0. The Hall–Kier alpha value is -0.570. The molecule has 3 heteroatoms. The molecule has 0 aromatic rings. The molecule has 0 saturated heterocycles. The molecule has 16 heavy (non-hydrogen) atoms. The lowest BCUT2D eigenvalue weighted by Gasteiger charge is -2.39. The third kappa shape index (κ3) is 3.78. The van der Waals surface area contributed by atoms with Crippen LogP contribution in [0.5, 0.6) is 0 Å². The van der Waals surface area contributed by atoms with E-state index in [1.54, 1.807) is 0 Å². The van der Waals surface area contributed by atoms with Crippen LogP contribution in [-0.2, 0) is 4.79 Å². The Bertz CT molecular complexity index is 230. The van der Waals surface area contributed by atoms with Crippen LogP contribution in [0.15, 0.2) is 0 Å². The van der Waals surface area contributed by atoms with Gasteiger partial charge in [-0.2, -0.15) is 0 Å². The first-order valence-electron chi connectivity index (χ1n) is 6.44. The van der Waals surface area contributed by atoms with E-state index in [0.717, 1.165) is 24.8 Å². The fourth-order valence-electron chi connectivity index (χ4n) is 2.82. The molecule has 0 aromatic carbocycles. The molecule has 1 saturated carbocycles. The Balaban J connectivity index is 2.34. The Kier molecular flexibility index (Phi) is 5.26. The van der Waals surface area contributed by atoms with Crippen molar-refractivity contribution >= 4 is 5.97 Å². The van der Waals surface area contributed by atoms with Gasteiger partial charge in [0.05, 0.1) is 0 Å². The first kappa shape index (κ1) is 13.5. The molecule has 1 aliphatic rings. The van der Waals surface area contributed by atoms with Crippen LogP contribution < -0.4 is 0 Å². The zero-order chi connectivity index (χ0) is 12.1. The number of carboxylic acid groups (broad SMARTS) is 1. The van der Waals surface area contributed by atoms with Crippen molar-refractivity contribution in [3.8, 4) is 0 Å². The number of hydrogen-bond donors (Lipinski definition) is 1. The maximum Gasteiger partial charge on any atom is 0.303 e. The molecule has 3 atom stereocenters. The fourth-order valence-corrected chi connectivity index (χ4v) is 2.82. The molecule has 1 rings (SSSR count). The molecule has 0 aromatic heterocycles. The van der Waals surface area contributed by atoms with Gasteiger partial charge in [0.25, 0.3) is 0 Å². The summed E-state index contributed by atoms with van der Waals surface area (Å²) < 4.78 is 0. The van der Waals surface area contributed by atoms with Gasteiger partial charge in [0.1, 0.15) is 0 Å². The zero-order valence-electron chi connectivity index (χ0n) is 10.8. The summed E-state index contributed by atoms with van der Waals surface area (Å²) in [6, 6.07) is 0.651. The van der Waals surface area contributed by atoms with Crippen LogP contribution in [0.2, 0.25) is 0 Å². The number of rotatable bonds is 5. The molecule has 1 fully saturated rings. The predicted molar refractivity (Wildman–Crippen MR) is 65.5 cm³/mol. The van der Waals surface area contributed by atoms with Gasteiger partial charge in [-0.25, -0.2) is 0 Å². The minimum absolute atomic E-state index is 0.293. The quantitative estimate of drug-likeness (QED) is 0.785. The molecule has 0 aliphatic heterocycles. The van der Waals surface area contributed by atoms with E-state index in [4.69, 9.17) is 5.11 Å². The lowest BCUT2D eigenvalue weighted by molar-refractivity contribution is -0.137. The first-order chi connectivity index (χ1) is 7.52. The molecular formula is C13H25NO2. The Morgan fingerprint density at radius 1 is 1.38 bits per heavy atom. The molecule has 3 nitrogen and oxygen atoms in total. The largest absolute Gasteiger partial charge is 0.481 e. The van der Waals surface area contributed by atoms with Crippen molar-refractivity contribution in [3.05, 3.63) is 0 Å². The molecule has 0 amide bonds. The summed E-state index contributed by atoms with van der Waals surface area (Å²) in [4.78, 5) is 12.8. The average molecular weight is 227 g/mol. The Morgan fingerprint density at radius 2 is 2.06 bits per heavy atom. The number of hydrogen-bond acceptors (Lipinski definition) is 2. The first-order valence-corrected chi connectivity index (χ1v) is 6.44. The lowest BCUT2D eigenvalue weighted by Crippen LogP contribution is -2.42. The normalized spacial score (nSPS) is 30.6. The van der Waals surface area contributed by atoms with Crippen molar-refractivity contribution < 1.29 is 9.90 Å². The lowest BCUT2D eigenvalue weighted by atomic mass is 9.77. The van der Waals surface area contributed by atoms with Crippen molar-refractivity contribution in [2.24, 2.45) is 11.8 Å². The second-order valence-electron chi connectivity index (χ2n) is 5.31. The van der Waals surface area contributed by atoms with Gasteiger partial charge in [0.15, 0.2) is 0 Å². The van der Waals surface area contributed by atoms with E-state index in [2.05, 4.69) is 25.8 Å². The van der Waals surface area contributed by atoms with E-state index >= 15 is 0 Å². The molecular weight excluding hydrogens is 202 g/mol. The van der Waals surface area contributed by atoms with Gasteiger partial charge in [0, 0.05) is 12.5 Å². The predicted octanol–water partition coefficient (Wildman–Crippen LogP) is 2.61. The van der Waals surface area contributed by atoms with Crippen LogP contribution in [0.1, 0.15) is 46.0 Å². The van der Waals surface area contributed by atoms with Crippen molar-refractivity contribution in [2.45, 2.75) is 52.0 Å². The number of carbonyl (C=O) groups is 1. The molecule has 3 unspecified atom stereocenters. The highest BCUT2D eigenvalue weighted by atomic mass is 16.4. The van der Waals surface area contributed by atoms with Crippen molar-refractivity contribution in [1.29, 1.82) is 0 Å². The third-order valence-electron chi connectivity index (χ3n) is 4.13. The molecule has 0 spiro atoms. The van der Waals surface area contributed by atoms with Crippen molar-refractivity contribution in [2.75, 3.05) is 13.6 Å². The number of aliphatic carboxylic acids is 1. The number of carboxylic acids is 1. The van der Waals surface area contributed by atoms with Crippen LogP contribution in [-0.4, -0.2) is 35.6 Å². The highest BCUT2D eigenvalue weighted by Gasteiger charge is 2.29. The average Bonchev–Trinajstić information content (AvgIpc) is 2.21. The zero-order valence-corrected chi connectivity index (χ0v) is 10.8. The topological polar surface area (TPSA) is 40.5 Å². The van der Waals surface area contributed by atoms with E-state index in [-0.39, 0.29) is 0 Å². The Labute approximate surface area is 98.8 Å². The second-order valence-corrected chi connectivity index (χ2v) is 5.31. The van der Waals surface area contributed by atoms with E-state index < -0.39 is 5.97 Å². The second kappa shape index (κ2) is 6.24. The van der Waals surface area contributed by atoms with Gasteiger partial charge in [-0.05, 0) is 38.3 Å². The van der Waals surface area contributed by atoms with Crippen molar-refractivity contribution in [3.63, 3.8) is 0 Å². The summed E-state index contributed by atoms with van der Waals surface area (Å²) in [5.74, 6) is 0.864. The maximum atomic E-state index is 10.5. The molecule has 1 aliphatic carbocycles. The monoisotopic (exact) mass is 227 g/mol. The summed E-state index contributed by atoms with van der Waals surface area (Å²) in [6.07, 6.45) is 5.00. The van der Waals surface area contributed by atoms with Crippen LogP contribution in [0.3, 0.4) is 0 Å². The van der Waals surface area contributed by atoms with Crippen molar-refractivity contribution in [1.82, 2.24) is 4.90 Å². The van der Waals surface area contributed by atoms with Crippen LogP contribution in [0.4, 0.5) is 0 Å². The molecule has 0 radical (unpaired) electrons. The highest BCUT2D eigenvalue weighted by molar-refractivity contribution is 5.66. The molecule has 0 bridgehead atoms. The summed E-state index contributed by atoms with van der Waals surface area (Å²) in [7, 11) is 2.14. The van der Waals surface area contributed by atoms with Gasteiger partial charge < -0.3 is 10.0 Å². The van der Waals surface area contributed by atoms with Gasteiger partial charge in [-0.15, -0.1) is 0 Å². The van der Waals surface area contributed by atoms with E-state index in [1.165, 1.54) is 19.3 Å². The number of nitrogens with zero attached hydrogens (tertiary/aromatic N) is 1. The minimum atomic E-state index is -0.682. The van der Waals surface area contributed by atoms with E-state index in [9.17, 15) is 4.79 Å². The molecule has 94 valence electrons. The van der Waals surface area contributed by atoms with Crippen LogP contribution >= 0.6 is 0 Å². The van der Waals surface area contributed by atoms with E-state index in [0.29, 0.717) is 12.5 Å². The summed E-state index contributed by atoms with van der Waals surface area (Å²) in [6.45, 7) is 5.58. The van der Waals surface area contributed by atoms with Gasteiger partial charge in [-0.1, -0.05) is 26.7 Å². The van der Waals surface area contributed by atoms with E-state index in [1.807, 2.05) is 0 Å². The van der Waals surface area contributed by atoms with Gasteiger partial charge in [0.2, 0.25) is 0 Å².